The molecular formula is C12H24N2. The van der Waals surface area contributed by atoms with Gasteiger partial charge in [-0.15, -0.1) is 0 Å². The van der Waals surface area contributed by atoms with Gasteiger partial charge in [0, 0.05) is 12.1 Å². The largest absolute Gasteiger partial charge is 0.314 e. The highest BCUT2D eigenvalue weighted by molar-refractivity contribution is 4.81. The summed E-state index contributed by atoms with van der Waals surface area (Å²) in [4.78, 5) is 2.68. The lowest BCUT2D eigenvalue weighted by atomic mass is 10.0. The van der Waals surface area contributed by atoms with Crippen molar-refractivity contribution in [2.45, 2.75) is 57.5 Å². The van der Waals surface area contributed by atoms with E-state index < -0.39 is 0 Å². The third-order valence-electron chi connectivity index (χ3n) is 3.80. The number of nitrogens with one attached hydrogen (secondary N) is 1. The number of hydrogen-bond acceptors (Lipinski definition) is 2. The number of piperidine rings is 1. The molecule has 2 saturated heterocycles. The van der Waals surface area contributed by atoms with Gasteiger partial charge in [0.2, 0.25) is 0 Å². The smallest absolute Gasteiger partial charge is 0.00823 e. The van der Waals surface area contributed by atoms with Crippen LogP contribution < -0.4 is 5.32 Å². The first-order valence-corrected chi connectivity index (χ1v) is 6.33. The van der Waals surface area contributed by atoms with Crippen molar-refractivity contribution in [1.29, 1.82) is 0 Å². The maximum Gasteiger partial charge on any atom is 0.00823 e. The van der Waals surface area contributed by atoms with E-state index in [1.165, 1.54) is 58.2 Å². The summed E-state index contributed by atoms with van der Waals surface area (Å²) in [5.74, 6) is 0. The van der Waals surface area contributed by atoms with E-state index in [0.717, 1.165) is 12.1 Å². The molecule has 2 fully saturated rings. The number of nitrogens with zero attached hydrogens (tertiary/aromatic N) is 1. The van der Waals surface area contributed by atoms with Gasteiger partial charge in [-0.2, -0.15) is 0 Å². The van der Waals surface area contributed by atoms with Crippen LogP contribution in [0.3, 0.4) is 0 Å². The van der Waals surface area contributed by atoms with Crippen molar-refractivity contribution in [3.63, 3.8) is 0 Å². The average Bonchev–Trinajstić information content (AvgIpc) is 2.72. The Labute approximate surface area is 88.1 Å². The fraction of sp³-hybridized carbons (Fsp3) is 1.00. The summed E-state index contributed by atoms with van der Waals surface area (Å²) in [6.45, 7) is 6.34. The Morgan fingerprint density at radius 2 is 2.00 bits per heavy atom. The minimum atomic E-state index is 0.797. The van der Waals surface area contributed by atoms with Gasteiger partial charge in [0.1, 0.15) is 0 Å². The average molecular weight is 196 g/mol. The fourth-order valence-corrected chi connectivity index (χ4v) is 2.88. The van der Waals surface area contributed by atoms with Crippen LogP contribution in [0, 0.1) is 0 Å². The van der Waals surface area contributed by atoms with Gasteiger partial charge in [-0.1, -0.05) is 6.42 Å². The van der Waals surface area contributed by atoms with Gasteiger partial charge in [-0.3, -0.25) is 0 Å². The van der Waals surface area contributed by atoms with E-state index in [1.807, 2.05) is 0 Å². The van der Waals surface area contributed by atoms with Crippen LogP contribution in [0.25, 0.3) is 0 Å². The Morgan fingerprint density at radius 1 is 1.21 bits per heavy atom. The van der Waals surface area contributed by atoms with E-state index in [9.17, 15) is 0 Å². The molecule has 0 radical (unpaired) electrons. The predicted molar refractivity (Wildman–Crippen MR) is 60.5 cm³/mol. The zero-order valence-corrected chi connectivity index (χ0v) is 9.47. The molecule has 0 bridgehead atoms. The van der Waals surface area contributed by atoms with Gasteiger partial charge in [0.15, 0.2) is 0 Å². The zero-order chi connectivity index (χ0) is 9.80. The maximum absolute atomic E-state index is 3.60. The third-order valence-corrected chi connectivity index (χ3v) is 3.80. The van der Waals surface area contributed by atoms with E-state index in [-0.39, 0.29) is 0 Å². The number of hydrogen-bond donors (Lipinski definition) is 1. The highest BCUT2D eigenvalue weighted by Crippen LogP contribution is 2.18. The monoisotopic (exact) mass is 196 g/mol. The van der Waals surface area contributed by atoms with Gasteiger partial charge < -0.3 is 10.2 Å². The second-order valence-electron chi connectivity index (χ2n) is 4.97. The van der Waals surface area contributed by atoms with Gasteiger partial charge in [0.25, 0.3) is 0 Å². The molecule has 0 aliphatic carbocycles. The molecule has 0 aromatic rings. The van der Waals surface area contributed by atoms with Crippen molar-refractivity contribution >= 4 is 0 Å². The molecule has 0 spiro atoms. The normalized spacial score (nSPS) is 31.9. The molecule has 2 aliphatic rings. The van der Waals surface area contributed by atoms with Crippen molar-refractivity contribution in [3.8, 4) is 0 Å². The molecule has 82 valence electrons. The van der Waals surface area contributed by atoms with Gasteiger partial charge >= 0.3 is 0 Å². The van der Waals surface area contributed by atoms with Crippen molar-refractivity contribution in [1.82, 2.24) is 10.2 Å². The first-order chi connectivity index (χ1) is 6.86. The fourth-order valence-electron chi connectivity index (χ4n) is 2.88. The molecule has 2 heteroatoms. The van der Waals surface area contributed by atoms with Crippen molar-refractivity contribution < 1.29 is 0 Å². The van der Waals surface area contributed by atoms with Gasteiger partial charge in [-0.05, 0) is 58.7 Å². The van der Waals surface area contributed by atoms with Crippen LogP contribution in [-0.2, 0) is 0 Å². The van der Waals surface area contributed by atoms with Gasteiger partial charge in [-0.25, -0.2) is 0 Å². The SMILES string of the molecule is CC(CC1CCCN1)N1CCCCC1. The summed E-state index contributed by atoms with van der Waals surface area (Å²) in [5, 5.41) is 3.60. The Kier molecular flexibility index (Phi) is 3.82. The summed E-state index contributed by atoms with van der Waals surface area (Å²) in [6.07, 6.45) is 8.44. The molecule has 1 N–H and O–H groups in total. The first-order valence-electron chi connectivity index (χ1n) is 6.33. The van der Waals surface area contributed by atoms with Crippen molar-refractivity contribution in [2.75, 3.05) is 19.6 Å². The van der Waals surface area contributed by atoms with Crippen LogP contribution in [0.5, 0.6) is 0 Å². The summed E-state index contributed by atoms with van der Waals surface area (Å²) >= 11 is 0. The molecule has 0 saturated carbocycles. The van der Waals surface area contributed by atoms with Crippen LogP contribution in [0.2, 0.25) is 0 Å². The second-order valence-corrected chi connectivity index (χ2v) is 4.97. The van der Waals surface area contributed by atoms with Gasteiger partial charge in [0.05, 0.1) is 0 Å². The second kappa shape index (κ2) is 5.13. The Hall–Kier alpha value is -0.0800. The lowest BCUT2D eigenvalue weighted by Crippen LogP contribution is -2.40. The van der Waals surface area contributed by atoms with Crippen LogP contribution >= 0.6 is 0 Å². The summed E-state index contributed by atoms with van der Waals surface area (Å²) < 4.78 is 0. The third kappa shape index (κ3) is 2.71. The Balaban J connectivity index is 1.72. The molecule has 2 heterocycles. The molecule has 2 rings (SSSR count). The molecule has 14 heavy (non-hydrogen) atoms. The maximum atomic E-state index is 3.60. The first kappa shape index (κ1) is 10.4. The molecule has 0 aromatic heterocycles. The highest BCUT2D eigenvalue weighted by Gasteiger charge is 2.22. The molecule has 2 nitrogen and oxygen atoms in total. The lowest BCUT2D eigenvalue weighted by molar-refractivity contribution is 0.158. The molecule has 2 aliphatic heterocycles. The predicted octanol–water partition coefficient (Wildman–Crippen LogP) is 2.00. The number of likely N-dealkylation sites (tertiary alicyclic amines) is 1. The molecule has 0 aromatic carbocycles. The topological polar surface area (TPSA) is 15.3 Å². The van der Waals surface area contributed by atoms with E-state index in [2.05, 4.69) is 17.1 Å². The summed E-state index contributed by atoms with van der Waals surface area (Å²) in [7, 11) is 0. The minimum Gasteiger partial charge on any atom is -0.314 e. The van der Waals surface area contributed by atoms with E-state index in [0.29, 0.717) is 0 Å². The molecule has 2 unspecified atom stereocenters. The molecule has 0 amide bonds. The molecular weight excluding hydrogens is 172 g/mol. The number of rotatable bonds is 3. The summed E-state index contributed by atoms with van der Waals surface area (Å²) in [6, 6.07) is 1.61. The Bertz CT molecular complexity index is 158. The highest BCUT2D eigenvalue weighted by atomic mass is 15.2. The molecule has 2 atom stereocenters. The van der Waals surface area contributed by atoms with Crippen LogP contribution in [0.15, 0.2) is 0 Å². The minimum absolute atomic E-state index is 0.797. The summed E-state index contributed by atoms with van der Waals surface area (Å²) in [5.41, 5.74) is 0. The van der Waals surface area contributed by atoms with Crippen molar-refractivity contribution in [2.24, 2.45) is 0 Å². The zero-order valence-electron chi connectivity index (χ0n) is 9.47. The quantitative estimate of drug-likeness (QED) is 0.743. The van der Waals surface area contributed by atoms with Crippen LogP contribution in [0.4, 0.5) is 0 Å². The van der Waals surface area contributed by atoms with E-state index in [4.69, 9.17) is 0 Å². The lowest BCUT2D eigenvalue weighted by Gasteiger charge is -2.33. The van der Waals surface area contributed by atoms with Crippen molar-refractivity contribution in [3.05, 3.63) is 0 Å². The van der Waals surface area contributed by atoms with Crippen LogP contribution in [0.1, 0.15) is 45.4 Å². The van der Waals surface area contributed by atoms with E-state index >= 15 is 0 Å². The Morgan fingerprint density at radius 3 is 2.64 bits per heavy atom. The standard InChI is InChI=1S/C12H24N2/c1-11(10-12-6-5-7-13-12)14-8-3-2-4-9-14/h11-13H,2-10H2,1H3. The van der Waals surface area contributed by atoms with Crippen LogP contribution in [-0.4, -0.2) is 36.6 Å². The van der Waals surface area contributed by atoms with E-state index in [1.54, 1.807) is 0 Å².